The predicted molar refractivity (Wildman–Crippen MR) is 96.0 cm³/mol. The van der Waals surface area contributed by atoms with E-state index < -0.39 is 6.04 Å². The van der Waals surface area contributed by atoms with Gasteiger partial charge in [0.15, 0.2) is 0 Å². The normalized spacial score (nSPS) is 18.3. The minimum Gasteiger partial charge on any atom is -0.381 e. The molecule has 22 heavy (non-hydrogen) atoms. The Morgan fingerprint density at radius 1 is 1.27 bits per heavy atom. The van der Waals surface area contributed by atoms with Crippen molar-refractivity contribution in [1.82, 2.24) is 10.2 Å². The van der Waals surface area contributed by atoms with Crippen LogP contribution in [0.1, 0.15) is 33.1 Å². The van der Waals surface area contributed by atoms with E-state index in [9.17, 15) is 4.79 Å². The monoisotopic (exact) mass is 357 g/mol. The maximum Gasteiger partial charge on any atom is 0.237 e. The quantitative estimate of drug-likeness (QED) is 0.727. The molecule has 2 unspecified atom stereocenters. The van der Waals surface area contributed by atoms with Gasteiger partial charge in [0.1, 0.15) is 0 Å². The molecule has 1 fully saturated rings. The van der Waals surface area contributed by atoms with Crippen molar-refractivity contribution in [3.8, 4) is 0 Å². The number of likely N-dealkylation sites (N-methyl/N-ethyl adjacent to an activating group) is 1. The zero-order chi connectivity index (χ0) is 15.1. The fourth-order valence-electron chi connectivity index (χ4n) is 2.65. The molecular formula is C15H33Cl2N3O2. The van der Waals surface area contributed by atoms with Gasteiger partial charge in [-0.3, -0.25) is 4.79 Å². The number of carbonyl (C=O) groups is 1. The van der Waals surface area contributed by atoms with Gasteiger partial charge in [0.05, 0.1) is 6.04 Å². The van der Waals surface area contributed by atoms with Gasteiger partial charge in [0.2, 0.25) is 5.91 Å². The number of amides is 1. The predicted octanol–water partition coefficient (Wildman–Crippen LogP) is 1.68. The molecule has 0 aliphatic carbocycles. The van der Waals surface area contributed by atoms with Crippen LogP contribution >= 0.6 is 24.8 Å². The number of hydrogen-bond donors (Lipinski definition) is 2. The van der Waals surface area contributed by atoms with E-state index in [4.69, 9.17) is 10.5 Å². The molecule has 1 aliphatic heterocycles. The maximum atomic E-state index is 12.2. The zero-order valence-electron chi connectivity index (χ0n) is 14.2. The van der Waals surface area contributed by atoms with Crippen LogP contribution in [0.4, 0.5) is 0 Å². The fourth-order valence-corrected chi connectivity index (χ4v) is 2.65. The van der Waals surface area contributed by atoms with Crippen molar-refractivity contribution < 1.29 is 9.53 Å². The van der Waals surface area contributed by atoms with Gasteiger partial charge in [-0.25, -0.2) is 0 Å². The van der Waals surface area contributed by atoms with E-state index in [2.05, 4.69) is 38.2 Å². The minimum atomic E-state index is -0.402. The van der Waals surface area contributed by atoms with Gasteiger partial charge in [0.25, 0.3) is 0 Å². The highest BCUT2D eigenvalue weighted by Crippen LogP contribution is 2.17. The average Bonchev–Trinajstić information content (AvgIpc) is 2.42. The van der Waals surface area contributed by atoms with Crippen molar-refractivity contribution in [1.29, 1.82) is 0 Å². The molecule has 1 saturated heterocycles. The Labute approximate surface area is 147 Å². The second-order valence-electron chi connectivity index (χ2n) is 6.47. The van der Waals surface area contributed by atoms with Crippen LogP contribution in [0.5, 0.6) is 0 Å². The summed E-state index contributed by atoms with van der Waals surface area (Å²) >= 11 is 0. The molecule has 0 aromatic heterocycles. The molecule has 0 radical (unpaired) electrons. The molecule has 2 atom stereocenters. The van der Waals surface area contributed by atoms with Crippen molar-refractivity contribution in [2.45, 2.75) is 45.2 Å². The SMILES string of the molecule is CC(C)CC(CNC(=O)C(N)C1CCOCC1)N(C)C.Cl.Cl. The summed E-state index contributed by atoms with van der Waals surface area (Å²) in [5.41, 5.74) is 6.07. The van der Waals surface area contributed by atoms with E-state index in [0.717, 1.165) is 32.5 Å². The van der Waals surface area contributed by atoms with Crippen LogP contribution in [0.15, 0.2) is 0 Å². The highest BCUT2D eigenvalue weighted by Gasteiger charge is 2.27. The Balaban J connectivity index is 0. The number of nitrogens with zero attached hydrogens (tertiary/aromatic N) is 1. The highest BCUT2D eigenvalue weighted by molar-refractivity contribution is 5.85. The van der Waals surface area contributed by atoms with Crippen molar-refractivity contribution in [2.75, 3.05) is 33.9 Å². The second kappa shape index (κ2) is 12.4. The summed E-state index contributed by atoms with van der Waals surface area (Å²) in [6, 6.07) is -0.0402. The Morgan fingerprint density at radius 2 is 1.82 bits per heavy atom. The van der Waals surface area contributed by atoms with Gasteiger partial charge >= 0.3 is 0 Å². The molecule has 7 heteroatoms. The summed E-state index contributed by atoms with van der Waals surface area (Å²) in [5, 5.41) is 3.02. The van der Waals surface area contributed by atoms with Crippen LogP contribution in [-0.4, -0.2) is 56.7 Å². The summed E-state index contributed by atoms with van der Waals surface area (Å²) in [7, 11) is 4.11. The number of rotatable bonds is 7. The van der Waals surface area contributed by atoms with Crippen molar-refractivity contribution >= 4 is 30.7 Å². The molecular weight excluding hydrogens is 325 g/mol. The molecule has 0 spiro atoms. The number of nitrogens with one attached hydrogen (secondary N) is 1. The molecule has 1 aliphatic rings. The maximum absolute atomic E-state index is 12.2. The van der Waals surface area contributed by atoms with E-state index in [1.54, 1.807) is 0 Å². The van der Waals surface area contributed by atoms with E-state index in [1.165, 1.54) is 0 Å². The van der Waals surface area contributed by atoms with Crippen molar-refractivity contribution in [3.05, 3.63) is 0 Å². The molecule has 0 bridgehead atoms. The fraction of sp³-hybridized carbons (Fsp3) is 0.933. The first-order valence-electron chi connectivity index (χ1n) is 7.69. The van der Waals surface area contributed by atoms with Gasteiger partial charge in [-0.05, 0) is 45.2 Å². The largest absolute Gasteiger partial charge is 0.381 e. The smallest absolute Gasteiger partial charge is 0.237 e. The Hall–Kier alpha value is -0.0700. The lowest BCUT2D eigenvalue weighted by Crippen LogP contribution is -2.50. The molecule has 0 aromatic rings. The molecule has 0 saturated carbocycles. The van der Waals surface area contributed by atoms with Gasteiger partial charge in [-0.2, -0.15) is 0 Å². The van der Waals surface area contributed by atoms with Gasteiger partial charge in [-0.1, -0.05) is 13.8 Å². The molecule has 134 valence electrons. The van der Waals surface area contributed by atoms with Crippen LogP contribution in [0.25, 0.3) is 0 Å². The average molecular weight is 358 g/mol. The summed E-state index contributed by atoms with van der Waals surface area (Å²) in [6.07, 6.45) is 2.84. The first-order chi connectivity index (χ1) is 9.41. The van der Waals surface area contributed by atoms with Crippen molar-refractivity contribution in [3.63, 3.8) is 0 Å². The van der Waals surface area contributed by atoms with E-state index in [1.807, 2.05) is 0 Å². The van der Waals surface area contributed by atoms with Crippen LogP contribution in [0.2, 0.25) is 0 Å². The Bertz CT molecular complexity index is 299. The first-order valence-corrected chi connectivity index (χ1v) is 7.69. The Kier molecular flexibility index (Phi) is 13.6. The third kappa shape index (κ3) is 8.53. The molecule has 5 nitrogen and oxygen atoms in total. The summed E-state index contributed by atoms with van der Waals surface area (Å²) in [6.45, 7) is 6.51. The van der Waals surface area contributed by atoms with E-state index >= 15 is 0 Å². The van der Waals surface area contributed by atoms with Crippen LogP contribution < -0.4 is 11.1 Å². The number of ether oxygens (including phenoxy) is 1. The lowest BCUT2D eigenvalue weighted by molar-refractivity contribution is -0.124. The molecule has 0 aromatic carbocycles. The van der Waals surface area contributed by atoms with Crippen LogP contribution in [0, 0.1) is 11.8 Å². The van der Waals surface area contributed by atoms with Gasteiger partial charge in [-0.15, -0.1) is 24.8 Å². The summed E-state index contributed by atoms with van der Waals surface area (Å²) < 4.78 is 5.31. The zero-order valence-corrected chi connectivity index (χ0v) is 15.8. The van der Waals surface area contributed by atoms with Gasteiger partial charge < -0.3 is 20.7 Å². The summed E-state index contributed by atoms with van der Waals surface area (Å²) in [5.74, 6) is 0.850. The van der Waals surface area contributed by atoms with Crippen molar-refractivity contribution in [2.24, 2.45) is 17.6 Å². The molecule has 3 N–H and O–H groups in total. The molecule has 1 heterocycles. The highest BCUT2D eigenvalue weighted by atomic mass is 35.5. The van der Waals surface area contributed by atoms with E-state index in [0.29, 0.717) is 18.5 Å². The number of hydrogen-bond acceptors (Lipinski definition) is 4. The second-order valence-corrected chi connectivity index (χ2v) is 6.47. The lowest BCUT2D eigenvalue weighted by atomic mass is 9.92. The van der Waals surface area contributed by atoms with Crippen LogP contribution in [0.3, 0.4) is 0 Å². The number of halogens is 2. The first kappa shape index (κ1) is 24.2. The third-order valence-electron chi connectivity index (χ3n) is 4.06. The van der Waals surface area contributed by atoms with Crippen LogP contribution in [-0.2, 0) is 9.53 Å². The Morgan fingerprint density at radius 3 is 2.27 bits per heavy atom. The van der Waals surface area contributed by atoms with E-state index in [-0.39, 0.29) is 36.6 Å². The minimum absolute atomic E-state index is 0. The topological polar surface area (TPSA) is 67.6 Å². The number of nitrogens with two attached hydrogens (primary N) is 1. The number of carbonyl (C=O) groups excluding carboxylic acids is 1. The van der Waals surface area contributed by atoms with Gasteiger partial charge in [0, 0.05) is 25.8 Å². The lowest BCUT2D eigenvalue weighted by Gasteiger charge is -2.29. The molecule has 1 rings (SSSR count). The molecule has 1 amide bonds. The summed E-state index contributed by atoms with van der Waals surface area (Å²) in [4.78, 5) is 14.3. The standard InChI is InChI=1S/C15H31N3O2.2ClH/c1-11(2)9-13(18(3)4)10-17-15(19)14(16)12-5-7-20-8-6-12;;/h11-14H,5-10,16H2,1-4H3,(H,17,19);2*1H. The third-order valence-corrected chi connectivity index (χ3v) is 4.06.